The molecule has 0 aliphatic heterocycles. The van der Waals surface area contributed by atoms with Gasteiger partial charge < -0.3 is 5.32 Å². The van der Waals surface area contributed by atoms with Crippen molar-refractivity contribution >= 4 is 6.03 Å². The van der Waals surface area contributed by atoms with E-state index >= 15 is 0 Å². The second kappa shape index (κ2) is 7.38. The van der Waals surface area contributed by atoms with Crippen LogP contribution < -0.4 is 16.6 Å². The maximum Gasteiger partial charge on any atom is 0.339 e. The van der Waals surface area contributed by atoms with E-state index < -0.39 is 23.1 Å². The standard InChI is InChI=1S/C15H22FN3O3/c1-2-3-4-5-8-17-14(21)19-10-12(16)13(20)18(15(19)22)9-11-6-7-11/h10-11H,2-9H2,1H3,(H,17,21). The smallest absolute Gasteiger partial charge is 0.337 e. The molecule has 1 N–H and O–H groups in total. The Kier molecular flexibility index (Phi) is 5.51. The Morgan fingerprint density at radius 1 is 1.32 bits per heavy atom. The van der Waals surface area contributed by atoms with Crippen molar-refractivity contribution in [3.05, 3.63) is 32.9 Å². The van der Waals surface area contributed by atoms with Gasteiger partial charge in [-0.2, -0.15) is 4.39 Å². The fourth-order valence-electron chi connectivity index (χ4n) is 2.27. The zero-order valence-corrected chi connectivity index (χ0v) is 12.8. The van der Waals surface area contributed by atoms with Gasteiger partial charge in [0.15, 0.2) is 0 Å². The molecular weight excluding hydrogens is 289 g/mol. The van der Waals surface area contributed by atoms with Crippen molar-refractivity contribution in [2.24, 2.45) is 5.92 Å². The minimum absolute atomic E-state index is 0.180. The molecule has 1 aliphatic rings. The van der Waals surface area contributed by atoms with Gasteiger partial charge in [0.1, 0.15) is 0 Å². The van der Waals surface area contributed by atoms with Gasteiger partial charge in [-0.05, 0) is 25.2 Å². The number of hydrogen-bond donors (Lipinski definition) is 1. The topological polar surface area (TPSA) is 73.1 Å². The molecule has 0 radical (unpaired) electrons. The van der Waals surface area contributed by atoms with Gasteiger partial charge in [0.2, 0.25) is 5.82 Å². The van der Waals surface area contributed by atoms with E-state index in [0.29, 0.717) is 17.3 Å². The second-order valence-electron chi connectivity index (χ2n) is 5.78. The summed E-state index contributed by atoms with van der Waals surface area (Å²) in [4.78, 5) is 35.9. The number of carbonyl (C=O) groups excluding carboxylic acids is 1. The molecule has 22 heavy (non-hydrogen) atoms. The molecule has 6 nitrogen and oxygen atoms in total. The highest BCUT2D eigenvalue weighted by Gasteiger charge is 2.25. The van der Waals surface area contributed by atoms with E-state index in [1.165, 1.54) is 0 Å². The van der Waals surface area contributed by atoms with Gasteiger partial charge in [-0.15, -0.1) is 0 Å². The summed E-state index contributed by atoms with van der Waals surface area (Å²) in [5.41, 5.74) is -1.73. The number of rotatable bonds is 7. The van der Waals surface area contributed by atoms with Gasteiger partial charge in [0.25, 0.3) is 5.56 Å². The first kappa shape index (κ1) is 16.5. The fraction of sp³-hybridized carbons (Fsp3) is 0.667. The first-order chi connectivity index (χ1) is 10.5. The van der Waals surface area contributed by atoms with Crippen LogP contribution in [-0.4, -0.2) is 21.7 Å². The zero-order valence-electron chi connectivity index (χ0n) is 12.8. The van der Waals surface area contributed by atoms with Gasteiger partial charge >= 0.3 is 11.7 Å². The van der Waals surface area contributed by atoms with Crippen LogP contribution in [0.4, 0.5) is 9.18 Å². The summed E-state index contributed by atoms with van der Waals surface area (Å²) in [7, 11) is 0. The molecule has 1 aromatic heterocycles. The van der Waals surface area contributed by atoms with Crippen LogP contribution in [0.1, 0.15) is 45.4 Å². The summed E-state index contributed by atoms with van der Waals surface area (Å²) in [6.45, 7) is 2.69. The van der Waals surface area contributed by atoms with Crippen LogP contribution in [0, 0.1) is 11.7 Å². The average molecular weight is 311 g/mol. The molecule has 0 saturated heterocycles. The number of nitrogens with one attached hydrogen (secondary N) is 1. The van der Waals surface area contributed by atoms with Gasteiger partial charge in [-0.1, -0.05) is 26.2 Å². The molecule has 7 heteroatoms. The van der Waals surface area contributed by atoms with Gasteiger partial charge in [0.05, 0.1) is 6.20 Å². The zero-order chi connectivity index (χ0) is 16.1. The summed E-state index contributed by atoms with van der Waals surface area (Å²) in [6, 6.07) is -0.690. The lowest BCUT2D eigenvalue weighted by Crippen LogP contribution is -2.46. The van der Waals surface area contributed by atoms with Crippen molar-refractivity contribution < 1.29 is 9.18 Å². The van der Waals surface area contributed by atoms with Gasteiger partial charge in [0, 0.05) is 13.1 Å². The Bertz CT molecular complexity index is 646. The van der Waals surface area contributed by atoms with E-state index in [4.69, 9.17) is 0 Å². The highest BCUT2D eigenvalue weighted by Crippen LogP contribution is 2.29. The molecule has 122 valence electrons. The number of aromatic nitrogens is 2. The minimum atomic E-state index is -1.08. The highest BCUT2D eigenvalue weighted by molar-refractivity contribution is 5.76. The number of unbranched alkanes of at least 4 members (excludes halogenated alkanes) is 3. The minimum Gasteiger partial charge on any atom is -0.337 e. The summed E-state index contributed by atoms with van der Waals surface area (Å²) in [5, 5.41) is 2.58. The fourth-order valence-corrected chi connectivity index (χ4v) is 2.27. The molecule has 1 fully saturated rings. The molecule has 0 spiro atoms. The number of nitrogens with zero attached hydrogens (tertiary/aromatic N) is 2. The Morgan fingerprint density at radius 2 is 2.05 bits per heavy atom. The number of amides is 1. The van der Waals surface area contributed by atoms with Crippen LogP contribution in [0.15, 0.2) is 15.8 Å². The van der Waals surface area contributed by atoms with Crippen molar-refractivity contribution in [3.63, 3.8) is 0 Å². The van der Waals surface area contributed by atoms with E-state index in [0.717, 1.165) is 43.1 Å². The third-order valence-electron chi connectivity index (χ3n) is 3.79. The van der Waals surface area contributed by atoms with Crippen LogP contribution in [0.5, 0.6) is 0 Å². The normalized spacial score (nSPS) is 14.1. The van der Waals surface area contributed by atoms with E-state index in [1.54, 1.807) is 0 Å². The third kappa shape index (κ3) is 4.05. The first-order valence-electron chi connectivity index (χ1n) is 7.84. The second-order valence-corrected chi connectivity index (χ2v) is 5.78. The molecule has 1 amide bonds. The Labute approximate surface area is 127 Å². The van der Waals surface area contributed by atoms with Crippen LogP contribution in [0.2, 0.25) is 0 Å². The number of halogens is 1. The molecule has 1 saturated carbocycles. The quantitative estimate of drug-likeness (QED) is 0.779. The van der Waals surface area contributed by atoms with E-state index in [2.05, 4.69) is 12.2 Å². The monoisotopic (exact) mass is 311 g/mol. The predicted molar refractivity (Wildman–Crippen MR) is 80.6 cm³/mol. The van der Waals surface area contributed by atoms with E-state index in [1.807, 2.05) is 0 Å². The van der Waals surface area contributed by atoms with Crippen molar-refractivity contribution in [2.45, 2.75) is 52.0 Å². The molecule has 0 bridgehead atoms. The van der Waals surface area contributed by atoms with Crippen LogP contribution in [-0.2, 0) is 6.54 Å². The maximum absolute atomic E-state index is 13.7. The average Bonchev–Trinajstić information content (AvgIpc) is 3.31. The Morgan fingerprint density at radius 3 is 2.68 bits per heavy atom. The van der Waals surface area contributed by atoms with E-state index in [-0.39, 0.29) is 12.5 Å². The first-order valence-corrected chi connectivity index (χ1v) is 7.84. The number of carbonyl (C=O) groups is 1. The van der Waals surface area contributed by atoms with Crippen molar-refractivity contribution in [2.75, 3.05) is 6.54 Å². The molecule has 0 unspecified atom stereocenters. The molecule has 1 heterocycles. The summed E-state index contributed by atoms with van der Waals surface area (Å²) < 4.78 is 15.1. The lowest BCUT2D eigenvalue weighted by molar-refractivity contribution is 0.239. The van der Waals surface area contributed by atoms with E-state index in [9.17, 15) is 18.8 Å². The molecule has 1 aliphatic carbocycles. The van der Waals surface area contributed by atoms with Crippen LogP contribution in [0.25, 0.3) is 0 Å². The maximum atomic E-state index is 13.7. The van der Waals surface area contributed by atoms with Crippen molar-refractivity contribution in [3.8, 4) is 0 Å². The predicted octanol–water partition coefficient (Wildman–Crippen LogP) is 1.70. The van der Waals surface area contributed by atoms with Gasteiger partial charge in [-0.3, -0.25) is 9.36 Å². The van der Waals surface area contributed by atoms with Crippen LogP contribution >= 0.6 is 0 Å². The molecule has 0 aromatic carbocycles. The molecular formula is C15H22FN3O3. The largest absolute Gasteiger partial charge is 0.339 e. The lowest BCUT2D eigenvalue weighted by Gasteiger charge is -2.10. The Balaban J connectivity index is 2.09. The molecule has 0 atom stereocenters. The van der Waals surface area contributed by atoms with Crippen molar-refractivity contribution in [1.29, 1.82) is 0 Å². The third-order valence-corrected chi connectivity index (χ3v) is 3.79. The lowest BCUT2D eigenvalue weighted by atomic mass is 10.2. The number of hydrogen-bond acceptors (Lipinski definition) is 3. The SMILES string of the molecule is CCCCCCNC(=O)n1cc(F)c(=O)n(CC2CC2)c1=O. The summed E-state index contributed by atoms with van der Waals surface area (Å²) in [5.74, 6) is -0.848. The highest BCUT2D eigenvalue weighted by atomic mass is 19.1. The summed E-state index contributed by atoms with van der Waals surface area (Å²) >= 11 is 0. The molecule has 1 aromatic rings. The molecule has 2 rings (SSSR count). The summed E-state index contributed by atoms with van der Waals surface area (Å²) in [6.07, 6.45) is 6.48. The Hall–Kier alpha value is -1.92. The van der Waals surface area contributed by atoms with Crippen molar-refractivity contribution in [1.82, 2.24) is 14.5 Å². The van der Waals surface area contributed by atoms with Crippen LogP contribution in [0.3, 0.4) is 0 Å². The van der Waals surface area contributed by atoms with Gasteiger partial charge in [-0.25, -0.2) is 14.2 Å².